The zero-order chi connectivity index (χ0) is 19.5. The molecule has 0 heterocycles. The highest BCUT2D eigenvalue weighted by atomic mass is 32.2. The van der Waals surface area contributed by atoms with Crippen LogP contribution in [0.1, 0.15) is 51.5 Å². The molecule has 0 saturated heterocycles. The number of hydrogen-bond donors (Lipinski definition) is 1. The minimum absolute atomic E-state index is 0.0142. The van der Waals surface area contributed by atoms with Crippen LogP contribution in [0.4, 0.5) is 0 Å². The summed E-state index contributed by atoms with van der Waals surface area (Å²) in [6, 6.07) is 9.01. The summed E-state index contributed by atoms with van der Waals surface area (Å²) >= 11 is 0. The highest BCUT2D eigenvalue weighted by molar-refractivity contribution is 7.90. The van der Waals surface area contributed by atoms with E-state index < -0.39 is 20.0 Å². The molecule has 0 amide bonds. The van der Waals surface area contributed by atoms with Crippen molar-refractivity contribution in [3.05, 3.63) is 35.9 Å². The average Bonchev–Trinajstić information content (AvgIpc) is 2.59. The summed E-state index contributed by atoms with van der Waals surface area (Å²) in [6.45, 7) is 5.17. The Morgan fingerprint density at radius 2 is 1.46 bits per heavy atom. The lowest BCUT2D eigenvalue weighted by Gasteiger charge is -2.22. The van der Waals surface area contributed by atoms with Crippen LogP contribution in [0, 0.1) is 0 Å². The highest BCUT2D eigenvalue weighted by Crippen LogP contribution is 2.08. The number of hydrogen-bond acceptors (Lipinski definition) is 4. The monoisotopic (exact) mass is 404 g/mol. The van der Waals surface area contributed by atoms with E-state index in [1.807, 2.05) is 19.9 Å². The first kappa shape index (κ1) is 23.1. The van der Waals surface area contributed by atoms with Gasteiger partial charge in [-0.05, 0) is 24.8 Å². The molecule has 0 atom stereocenters. The summed E-state index contributed by atoms with van der Waals surface area (Å²) in [5.74, 6) is -0.0476. The molecule has 1 rings (SSSR count). The first-order chi connectivity index (χ1) is 12.3. The number of unbranched alkanes of at least 4 members (excludes halogenated alkanes) is 2. The molecular formula is C18H32N2O4S2. The van der Waals surface area contributed by atoms with Crippen molar-refractivity contribution in [1.82, 2.24) is 9.03 Å². The lowest BCUT2D eigenvalue weighted by Crippen LogP contribution is -2.42. The topological polar surface area (TPSA) is 83.6 Å². The Hall–Kier alpha value is -0.960. The minimum Gasteiger partial charge on any atom is -0.228 e. The van der Waals surface area contributed by atoms with Gasteiger partial charge in [0.2, 0.25) is 0 Å². The molecular weight excluding hydrogens is 372 g/mol. The zero-order valence-electron chi connectivity index (χ0n) is 15.9. The number of nitrogens with one attached hydrogen (secondary N) is 1. The predicted molar refractivity (Wildman–Crippen MR) is 107 cm³/mol. The van der Waals surface area contributed by atoms with E-state index in [-0.39, 0.29) is 24.5 Å². The second kappa shape index (κ2) is 11.7. The van der Waals surface area contributed by atoms with E-state index in [9.17, 15) is 16.8 Å². The summed E-state index contributed by atoms with van der Waals surface area (Å²) in [5.41, 5.74) is 0.749. The molecule has 1 N–H and O–H groups in total. The van der Waals surface area contributed by atoms with Crippen LogP contribution in [0.3, 0.4) is 0 Å². The van der Waals surface area contributed by atoms with E-state index in [0.29, 0.717) is 13.1 Å². The van der Waals surface area contributed by atoms with Gasteiger partial charge in [-0.15, -0.1) is 0 Å². The van der Waals surface area contributed by atoms with E-state index in [0.717, 1.165) is 31.2 Å². The van der Waals surface area contributed by atoms with Crippen LogP contribution in [-0.2, 0) is 25.8 Å². The Kier molecular flexibility index (Phi) is 10.4. The third-order valence-corrected chi connectivity index (χ3v) is 7.31. The fourth-order valence-electron chi connectivity index (χ4n) is 2.51. The molecule has 0 aliphatic rings. The summed E-state index contributed by atoms with van der Waals surface area (Å²) < 4.78 is 53.2. The van der Waals surface area contributed by atoms with Crippen LogP contribution < -0.4 is 4.72 Å². The van der Waals surface area contributed by atoms with Crippen LogP contribution in [0.25, 0.3) is 0 Å². The van der Waals surface area contributed by atoms with Crippen LogP contribution in [-0.4, -0.2) is 46.5 Å². The average molecular weight is 405 g/mol. The van der Waals surface area contributed by atoms with Crippen LogP contribution in [0.15, 0.2) is 30.3 Å². The maximum absolute atomic E-state index is 12.4. The smallest absolute Gasteiger partial charge is 0.228 e. The molecule has 150 valence electrons. The number of sulfone groups is 1. The van der Waals surface area contributed by atoms with E-state index >= 15 is 0 Å². The van der Waals surface area contributed by atoms with Gasteiger partial charge in [-0.3, -0.25) is 0 Å². The summed E-state index contributed by atoms with van der Waals surface area (Å²) in [4.78, 5) is 0. The third-order valence-electron chi connectivity index (χ3n) is 4.01. The molecule has 0 unspecified atom stereocenters. The Morgan fingerprint density at radius 1 is 0.885 bits per heavy atom. The molecule has 1 aromatic rings. The van der Waals surface area contributed by atoms with Crippen molar-refractivity contribution >= 4 is 20.0 Å². The van der Waals surface area contributed by atoms with Gasteiger partial charge >= 0.3 is 0 Å². The zero-order valence-corrected chi connectivity index (χ0v) is 17.5. The van der Waals surface area contributed by atoms with Crippen molar-refractivity contribution < 1.29 is 16.8 Å². The Bertz CT molecular complexity index is 696. The fourth-order valence-corrected chi connectivity index (χ4v) is 5.26. The summed E-state index contributed by atoms with van der Waals surface area (Å²) in [5, 5.41) is 0. The first-order valence-electron chi connectivity index (χ1n) is 9.30. The fraction of sp³-hybridized carbons (Fsp3) is 0.667. The van der Waals surface area contributed by atoms with Gasteiger partial charge < -0.3 is 0 Å². The van der Waals surface area contributed by atoms with Crippen LogP contribution >= 0.6 is 0 Å². The van der Waals surface area contributed by atoms with Gasteiger partial charge in [0.1, 0.15) is 0 Å². The van der Waals surface area contributed by atoms with Gasteiger partial charge in [0.05, 0.1) is 11.5 Å². The quantitative estimate of drug-likeness (QED) is 0.483. The Balaban J connectivity index is 2.48. The van der Waals surface area contributed by atoms with Crippen molar-refractivity contribution in [2.24, 2.45) is 0 Å². The number of rotatable bonds is 14. The van der Waals surface area contributed by atoms with E-state index in [1.54, 1.807) is 24.3 Å². The van der Waals surface area contributed by atoms with Crippen molar-refractivity contribution in [3.63, 3.8) is 0 Å². The molecule has 1 aromatic carbocycles. The molecule has 0 saturated carbocycles. The lowest BCUT2D eigenvalue weighted by molar-refractivity contribution is 0.388. The third kappa shape index (κ3) is 9.12. The molecule has 0 radical (unpaired) electrons. The van der Waals surface area contributed by atoms with Crippen molar-refractivity contribution in [1.29, 1.82) is 0 Å². The number of benzene rings is 1. The molecule has 8 heteroatoms. The maximum Gasteiger partial charge on any atom is 0.279 e. The number of nitrogens with zero attached hydrogens (tertiary/aromatic N) is 1. The largest absolute Gasteiger partial charge is 0.279 e. The molecule has 0 bridgehead atoms. The van der Waals surface area contributed by atoms with Gasteiger partial charge in [0, 0.05) is 19.6 Å². The first-order valence-corrected chi connectivity index (χ1v) is 12.6. The summed E-state index contributed by atoms with van der Waals surface area (Å²) in [7, 11) is -6.80. The molecule has 0 aliphatic heterocycles. The van der Waals surface area contributed by atoms with Gasteiger partial charge in [-0.1, -0.05) is 57.0 Å². The summed E-state index contributed by atoms with van der Waals surface area (Å²) in [6.07, 6.45) is 3.75. The molecule has 0 aromatic heterocycles. The normalized spacial score (nSPS) is 12.6. The van der Waals surface area contributed by atoms with Gasteiger partial charge in [-0.2, -0.15) is 12.7 Å². The van der Waals surface area contributed by atoms with E-state index in [2.05, 4.69) is 4.72 Å². The lowest BCUT2D eigenvalue weighted by atomic mass is 10.2. The van der Waals surface area contributed by atoms with Crippen molar-refractivity contribution in [3.8, 4) is 0 Å². The predicted octanol–water partition coefficient (Wildman–Crippen LogP) is 2.73. The standard InChI is InChI=1S/C18H32N2O4S2/c1-3-5-14-20(15-6-4-2)26(23,24)19-13-10-16-25(21,22)17-18-11-8-7-9-12-18/h7-9,11-12,19H,3-6,10,13-17H2,1-2H3. The SMILES string of the molecule is CCCCN(CCCC)S(=O)(=O)NCCCS(=O)(=O)Cc1ccccc1. The molecule has 0 aliphatic carbocycles. The van der Waals surface area contributed by atoms with Gasteiger partial charge in [0.15, 0.2) is 9.84 Å². The second-order valence-electron chi connectivity index (χ2n) is 6.44. The van der Waals surface area contributed by atoms with E-state index in [1.165, 1.54) is 4.31 Å². The van der Waals surface area contributed by atoms with Gasteiger partial charge in [0.25, 0.3) is 10.2 Å². The van der Waals surface area contributed by atoms with Crippen LogP contribution in [0.2, 0.25) is 0 Å². The van der Waals surface area contributed by atoms with Gasteiger partial charge in [-0.25, -0.2) is 13.1 Å². The Labute approximate surface area is 159 Å². The molecule has 0 spiro atoms. The molecule has 26 heavy (non-hydrogen) atoms. The maximum atomic E-state index is 12.4. The molecule has 0 fully saturated rings. The van der Waals surface area contributed by atoms with E-state index in [4.69, 9.17) is 0 Å². The molecule has 6 nitrogen and oxygen atoms in total. The Morgan fingerprint density at radius 3 is 2.00 bits per heavy atom. The minimum atomic E-state index is -3.55. The van der Waals surface area contributed by atoms with Crippen LogP contribution in [0.5, 0.6) is 0 Å². The second-order valence-corrected chi connectivity index (χ2v) is 10.4. The highest BCUT2D eigenvalue weighted by Gasteiger charge is 2.20. The van der Waals surface area contributed by atoms with Crippen molar-refractivity contribution in [2.75, 3.05) is 25.4 Å². The van der Waals surface area contributed by atoms with Crippen molar-refractivity contribution in [2.45, 2.75) is 51.7 Å².